The number of aromatic amines is 2. The largest absolute Gasteiger partial charge is 0.332 e. The summed E-state index contributed by atoms with van der Waals surface area (Å²) in [5.74, 6) is 0.513. The van der Waals surface area contributed by atoms with Gasteiger partial charge in [-0.05, 0) is 13.3 Å². The quantitative estimate of drug-likeness (QED) is 0.743. The van der Waals surface area contributed by atoms with Crippen molar-refractivity contribution >= 4 is 11.2 Å². The van der Waals surface area contributed by atoms with E-state index in [2.05, 4.69) is 20.2 Å². The SMILES string of the molecule is CCC(C)n1c(=O)n(C)c(=O)c2[nH]c(-c3cn[nH]c3)nc21. The standard InChI is InChI=1S/C13H16N6O2/c1-4-7(2)19-11-9(12(20)18(3)13(19)21)16-10(17-11)8-5-14-15-6-8/h5-7H,4H2,1-3H3,(H,14,15)(H,16,17). The topological polar surface area (TPSA) is 101 Å². The van der Waals surface area contributed by atoms with E-state index in [1.165, 1.54) is 7.05 Å². The molecule has 0 aliphatic rings. The Balaban J connectivity index is 2.41. The Bertz CT molecular complexity index is 899. The van der Waals surface area contributed by atoms with Gasteiger partial charge in [0.15, 0.2) is 5.65 Å². The van der Waals surface area contributed by atoms with Crippen LogP contribution in [0.2, 0.25) is 0 Å². The minimum absolute atomic E-state index is 0.0488. The van der Waals surface area contributed by atoms with Gasteiger partial charge in [-0.15, -0.1) is 0 Å². The van der Waals surface area contributed by atoms with Gasteiger partial charge in [-0.25, -0.2) is 9.78 Å². The molecule has 0 bridgehead atoms. The molecule has 0 amide bonds. The lowest BCUT2D eigenvalue weighted by Crippen LogP contribution is -2.39. The summed E-state index contributed by atoms with van der Waals surface area (Å²) < 4.78 is 2.66. The third-order valence-electron chi connectivity index (χ3n) is 3.73. The monoisotopic (exact) mass is 288 g/mol. The van der Waals surface area contributed by atoms with E-state index in [4.69, 9.17) is 0 Å². The zero-order chi connectivity index (χ0) is 15.1. The molecular weight excluding hydrogens is 272 g/mol. The molecule has 0 spiro atoms. The Morgan fingerprint density at radius 3 is 2.76 bits per heavy atom. The van der Waals surface area contributed by atoms with Crippen LogP contribution in [0.5, 0.6) is 0 Å². The van der Waals surface area contributed by atoms with E-state index in [1.807, 2.05) is 13.8 Å². The van der Waals surface area contributed by atoms with E-state index in [9.17, 15) is 9.59 Å². The molecule has 3 aromatic rings. The molecule has 110 valence electrons. The van der Waals surface area contributed by atoms with Gasteiger partial charge in [0.1, 0.15) is 11.3 Å². The van der Waals surface area contributed by atoms with E-state index in [0.29, 0.717) is 17.0 Å². The number of nitrogens with one attached hydrogen (secondary N) is 2. The maximum atomic E-state index is 12.4. The lowest BCUT2D eigenvalue weighted by molar-refractivity contribution is 0.500. The first-order valence-electron chi connectivity index (χ1n) is 6.75. The number of fused-ring (bicyclic) bond motifs is 1. The van der Waals surface area contributed by atoms with Gasteiger partial charge < -0.3 is 4.98 Å². The molecule has 1 atom stereocenters. The van der Waals surface area contributed by atoms with Gasteiger partial charge in [-0.1, -0.05) is 6.92 Å². The van der Waals surface area contributed by atoms with Crippen molar-refractivity contribution in [3.63, 3.8) is 0 Å². The molecule has 0 saturated heterocycles. The summed E-state index contributed by atoms with van der Waals surface area (Å²) in [6.45, 7) is 3.91. The van der Waals surface area contributed by atoms with Crippen LogP contribution in [0, 0.1) is 0 Å². The van der Waals surface area contributed by atoms with E-state index in [1.54, 1.807) is 17.0 Å². The summed E-state index contributed by atoms with van der Waals surface area (Å²) in [5, 5.41) is 6.56. The van der Waals surface area contributed by atoms with E-state index < -0.39 is 0 Å². The fourth-order valence-corrected chi connectivity index (χ4v) is 2.29. The van der Waals surface area contributed by atoms with Crippen LogP contribution in [0.1, 0.15) is 26.3 Å². The molecule has 0 radical (unpaired) electrons. The molecular formula is C13H16N6O2. The Hall–Kier alpha value is -2.64. The van der Waals surface area contributed by atoms with E-state index >= 15 is 0 Å². The van der Waals surface area contributed by atoms with Gasteiger partial charge in [0.25, 0.3) is 5.56 Å². The average molecular weight is 288 g/mol. The first kappa shape index (κ1) is 13.3. The molecule has 8 nitrogen and oxygen atoms in total. The third kappa shape index (κ3) is 1.91. The highest BCUT2D eigenvalue weighted by Gasteiger charge is 2.19. The van der Waals surface area contributed by atoms with Gasteiger partial charge in [0.2, 0.25) is 0 Å². The van der Waals surface area contributed by atoms with Gasteiger partial charge in [0, 0.05) is 19.3 Å². The number of H-pyrrole nitrogens is 2. The minimum Gasteiger partial charge on any atom is -0.332 e. The molecule has 0 aromatic carbocycles. The van der Waals surface area contributed by atoms with Crippen molar-refractivity contribution in [2.75, 3.05) is 0 Å². The summed E-state index contributed by atoms with van der Waals surface area (Å²) in [5.41, 5.74) is 0.711. The highest BCUT2D eigenvalue weighted by Crippen LogP contribution is 2.19. The zero-order valence-electron chi connectivity index (χ0n) is 12.0. The van der Waals surface area contributed by atoms with Crippen molar-refractivity contribution in [2.24, 2.45) is 7.05 Å². The molecule has 0 aliphatic heterocycles. The maximum Gasteiger partial charge on any atom is 0.332 e. The predicted octanol–water partition coefficient (Wildman–Crippen LogP) is 0.784. The average Bonchev–Trinajstić information content (AvgIpc) is 3.13. The molecule has 0 saturated carbocycles. The van der Waals surface area contributed by atoms with Gasteiger partial charge >= 0.3 is 5.69 Å². The van der Waals surface area contributed by atoms with Crippen LogP contribution < -0.4 is 11.2 Å². The van der Waals surface area contributed by atoms with E-state index in [-0.39, 0.29) is 17.3 Å². The van der Waals surface area contributed by atoms with Crippen LogP contribution in [0.4, 0.5) is 0 Å². The fourth-order valence-electron chi connectivity index (χ4n) is 2.29. The zero-order valence-corrected chi connectivity index (χ0v) is 12.0. The normalized spacial score (nSPS) is 12.9. The number of imidazole rings is 1. The van der Waals surface area contributed by atoms with Crippen molar-refractivity contribution in [1.29, 1.82) is 0 Å². The van der Waals surface area contributed by atoms with Gasteiger partial charge in [-0.3, -0.25) is 19.0 Å². The lowest BCUT2D eigenvalue weighted by Gasteiger charge is -2.14. The van der Waals surface area contributed by atoms with E-state index in [0.717, 1.165) is 16.6 Å². The van der Waals surface area contributed by atoms with Crippen molar-refractivity contribution in [3.05, 3.63) is 33.2 Å². The third-order valence-corrected chi connectivity index (χ3v) is 3.73. The van der Waals surface area contributed by atoms with Crippen LogP contribution in [-0.2, 0) is 7.05 Å². The molecule has 1 unspecified atom stereocenters. The summed E-state index contributed by atoms with van der Waals surface area (Å²) in [6, 6.07) is -0.0488. The van der Waals surface area contributed by atoms with Crippen LogP contribution in [0.25, 0.3) is 22.6 Å². The minimum atomic E-state index is -0.378. The van der Waals surface area contributed by atoms with Crippen molar-refractivity contribution in [2.45, 2.75) is 26.3 Å². The van der Waals surface area contributed by atoms with Crippen molar-refractivity contribution in [1.82, 2.24) is 29.3 Å². The molecule has 2 N–H and O–H groups in total. The van der Waals surface area contributed by atoms with Crippen molar-refractivity contribution < 1.29 is 0 Å². The summed E-state index contributed by atoms with van der Waals surface area (Å²) in [7, 11) is 1.47. The Morgan fingerprint density at radius 2 is 2.14 bits per heavy atom. The molecule has 8 heteroatoms. The molecule has 3 aromatic heterocycles. The smallest absolute Gasteiger partial charge is 0.332 e. The molecule has 3 rings (SSSR count). The van der Waals surface area contributed by atoms with Gasteiger partial charge in [-0.2, -0.15) is 5.10 Å². The highest BCUT2D eigenvalue weighted by atomic mass is 16.2. The predicted molar refractivity (Wildman–Crippen MR) is 78.2 cm³/mol. The second kappa shape index (κ2) is 4.72. The van der Waals surface area contributed by atoms with Crippen LogP contribution in [0.15, 0.2) is 22.0 Å². The molecule has 21 heavy (non-hydrogen) atoms. The second-order valence-electron chi connectivity index (χ2n) is 5.05. The van der Waals surface area contributed by atoms with Gasteiger partial charge in [0.05, 0.1) is 11.8 Å². The second-order valence-corrected chi connectivity index (χ2v) is 5.05. The first-order valence-corrected chi connectivity index (χ1v) is 6.75. The Labute approximate surface area is 119 Å². The molecule has 0 fully saturated rings. The van der Waals surface area contributed by atoms with Crippen LogP contribution in [0.3, 0.4) is 0 Å². The Kier molecular flexibility index (Phi) is 3.00. The number of nitrogens with zero attached hydrogens (tertiary/aromatic N) is 4. The number of rotatable bonds is 3. The number of hydrogen-bond donors (Lipinski definition) is 2. The molecule has 3 heterocycles. The summed E-state index contributed by atoms with van der Waals surface area (Å²) >= 11 is 0. The fraction of sp³-hybridized carbons (Fsp3) is 0.385. The summed E-state index contributed by atoms with van der Waals surface area (Å²) in [4.78, 5) is 32.0. The maximum absolute atomic E-state index is 12.4. The number of aromatic nitrogens is 6. The van der Waals surface area contributed by atoms with Crippen molar-refractivity contribution in [3.8, 4) is 11.4 Å². The summed E-state index contributed by atoms with van der Waals surface area (Å²) in [6.07, 6.45) is 4.04. The highest BCUT2D eigenvalue weighted by molar-refractivity contribution is 5.75. The Morgan fingerprint density at radius 1 is 1.38 bits per heavy atom. The van der Waals surface area contributed by atoms with Crippen LogP contribution >= 0.6 is 0 Å². The molecule has 0 aliphatic carbocycles. The number of hydrogen-bond acceptors (Lipinski definition) is 4. The lowest BCUT2D eigenvalue weighted by atomic mass is 10.2. The first-order chi connectivity index (χ1) is 10.0. The van der Waals surface area contributed by atoms with Crippen LogP contribution in [-0.4, -0.2) is 29.3 Å².